The van der Waals surface area contributed by atoms with Crippen LogP contribution in [0.4, 0.5) is 0 Å². The van der Waals surface area contributed by atoms with E-state index in [4.69, 9.17) is 21.3 Å². The first kappa shape index (κ1) is 42.2. The van der Waals surface area contributed by atoms with Gasteiger partial charge in [0, 0.05) is 12.0 Å². The maximum absolute atomic E-state index is 14.6. The number of ether oxygens (including phenoxy) is 1. The van der Waals surface area contributed by atoms with E-state index in [9.17, 15) is 33.9 Å². The van der Waals surface area contributed by atoms with Gasteiger partial charge in [-0.25, -0.2) is 4.79 Å². The number of nitrogens with zero attached hydrogens (tertiary/aromatic N) is 1. The van der Waals surface area contributed by atoms with E-state index in [1.54, 1.807) is 27.7 Å². The third kappa shape index (κ3) is 11.0. The summed E-state index contributed by atoms with van der Waals surface area (Å²) in [4.78, 5) is 81.4. The largest absolute Gasteiger partial charge is 0.467 e. The molecule has 1 fully saturated rings. The second-order valence-electron chi connectivity index (χ2n) is 13.8. The summed E-state index contributed by atoms with van der Waals surface area (Å²) in [5.41, 5.74) is 12.9. The van der Waals surface area contributed by atoms with Crippen molar-refractivity contribution in [3.8, 4) is 0 Å². The summed E-state index contributed by atoms with van der Waals surface area (Å²) in [5.74, 6) is -7.23. The van der Waals surface area contributed by atoms with Gasteiger partial charge in [0.05, 0.1) is 19.8 Å². The Morgan fingerprint density at radius 1 is 0.860 bits per heavy atom. The number of hydrogen-bond acceptors (Lipinski definition) is 11. The number of esters is 1. The predicted molar refractivity (Wildman–Crippen MR) is 184 cm³/mol. The highest BCUT2D eigenvalue weighted by Crippen LogP contribution is 2.37. The Morgan fingerprint density at radius 2 is 1.46 bits per heavy atom. The minimum absolute atomic E-state index is 0.320. The second-order valence-corrected chi connectivity index (χ2v) is 13.8. The summed E-state index contributed by atoms with van der Waals surface area (Å²) in [5, 5.41) is 28.1. The zero-order valence-electron chi connectivity index (χ0n) is 30.1. The summed E-state index contributed by atoms with van der Waals surface area (Å²) in [6.45, 7) is 8.73. The maximum Gasteiger partial charge on any atom is 0.328 e. The molecule has 50 heavy (non-hydrogen) atoms. The quantitative estimate of drug-likeness (QED) is 0.101. The highest BCUT2D eigenvalue weighted by molar-refractivity contribution is 6.05. The molecule has 0 heterocycles. The molecule has 9 atom stereocenters. The van der Waals surface area contributed by atoms with Crippen LogP contribution < -0.4 is 27.4 Å². The SMILES string of the molecule is COC(=O)[C@@H](NC(=O)[C@@H](C(C)C)N(C(=O)[C@H](C)NC(=O)[C@H](C)NC(=O)[C@@H](N)CO)C(=O)[C@@H]1CCCC1[C@H](O)[C@@H](N)Cc1ccccc1)C(C)C. The van der Waals surface area contributed by atoms with Crippen molar-refractivity contribution in [1.82, 2.24) is 20.9 Å². The number of nitrogens with two attached hydrogens (primary N) is 2. The lowest BCUT2D eigenvalue weighted by Crippen LogP contribution is -2.63. The lowest BCUT2D eigenvalue weighted by Gasteiger charge is -2.38. The number of carbonyl (C=O) groups excluding carboxylic acids is 6. The zero-order valence-corrected chi connectivity index (χ0v) is 30.1. The monoisotopic (exact) mass is 704 g/mol. The number of carbonyl (C=O) groups is 6. The smallest absolute Gasteiger partial charge is 0.328 e. The Labute approximate surface area is 294 Å². The molecule has 15 heteroatoms. The number of benzene rings is 1. The molecule has 15 nitrogen and oxygen atoms in total. The summed E-state index contributed by atoms with van der Waals surface area (Å²) >= 11 is 0. The molecule has 1 unspecified atom stereocenters. The van der Waals surface area contributed by atoms with E-state index in [2.05, 4.69) is 16.0 Å². The van der Waals surface area contributed by atoms with Crippen molar-refractivity contribution >= 4 is 35.5 Å². The number of methoxy groups -OCH3 is 1. The Balaban J connectivity index is 2.48. The molecule has 5 amide bonds. The van der Waals surface area contributed by atoms with E-state index in [-0.39, 0.29) is 0 Å². The van der Waals surface area contributed by atoms with Gasteiger partial charge in [0.25, 0.3) is 5.91 Å². The van der Waals surface area contributed by atoms with Crippen LogP contribution in [-0.2, 0) is 39.9 Å². The van der Waals surface area contributed by atoms with Gasteiger partial charge in [-0.2, -0.15) is 0 Å². The van der Waals surface area contributed by atoms with Crippen molar-refractivity contribution in [3.05, 3.63) is 35.9 Å². The van der Waals surface area contributed by atoms with Crippen LogP contribution in [0.5, 0.6) is 0 Å². The van der Waals surface area contributed by atoms with Crippen molar-refractivity contribution in [2.24, 2.45) is 35.1 Å². The van der Waals surface area contributed by atoms with Gasteiger partial charge in [-0.1, -0.05) is 64.4 Å². The van der Waals surface area contributed by atoms with Crippen LogP contribution >= 0.6 is 0 Å². The first-order chi connectivity index (χ1) is 23.5. The van der Waals surface area contributed by atoms with Gasteiger partial charge in [0.1, 0.15) is 30.2 Å². The van der Waals surface area contributed by atoms with Crippen molar-refractivity contribution in [3.63, 3.8) is 0 Å². The van der Waals surface area contributed by atoms with Gasteiger partial charge in [-0.15, -0.1) is 0 Å². The molecule has 1 saturated carbocycles. The molecule has 1 aromatic carbocycles. The van der Waals surface area contributed by atoms with E-state index in [1.807, 2.05) is 30.3 Å². The fraction of sp³-hybridized carbons (Fsp3) is 0.657. The topological polar surface area (TPSA) is 243 Å². The fourth-order valence-electron chi connectivity index (χ4n) is 6.25. The average Bonchev–Trinajstić information content (AvgIpc) is 3.57. The Hall–Kier alpha value is -3.92. The number of amides is 5. The lowest BCUT2D eigenvalue weighted by molar-refractivity contribution is -0.159. The molecule has 0 radical (unpaired) electrons. The van der Waals surface area contributed by atoms with Crippen LogP contribution in [0, 0.1) is 23.7 Å². The van der Waals surface area contributed by atoms with Crippen molar-refractivity contribution in [2.75, 3.05) is 13.7 Å². The summed E-state index contributed by atoms with van der Waals surface area (Å²) < 4.78 is 4.87. The fourth-order valence-corrected chi connectivity index (χ4v) is 6.25. The molecule has 1 aromatic rings. The standard InChI is InChI=1S/C35H56N6O9/c1-18(2)27(35(49)50-7)40-32(46)28(19(3)4)41(33(47)21(6)39-30(44)20(5)38-31(45)26(37)17-42)34(48)24-15-11-14-23(24)29(43)25(36)16-22-12-9-8-10-13-22/h8-10,12-13,18-21,23-29,42-43H,11,14-17,36-37H2,1-7H3,(H,38,45)(H,39,44)(H,40,46)/t20-,21-,23?,24+,25-,26-,27-,28+,29-/m0/s1. The van der Waals surface area contributed by atoms with Crippen molar-refractivity contribution in [2.45, 2.75) is 110 Å². The molecule has 0 aromatic heterocycles. The molecule has 0 saturated heterocycles. The number of hydrogen-bond donors (Lipinski definition) is 7. The molecule has 2 rings (SSSR count). The van der Waals surface area contributed by atoms with Crippen LogP contribution in [0.15, 0.2) is 30.3 Å². The van der Waals surface area contributed by atoms with Gasteiger partial charge >= 0.3 is 5.97 Å². The first-order valence-corrected chi connectivity index (χ1v) is 17.2. The molecule has 0 spiro atoms. The van der Waals surface area contributed by atoms with Gasteiger partial charge in [-0.3, -0.25) is 28.9 Å². The minimum Gasteiger partial charge on any atom is -0.467 e. The van der Waals surface area contributed by atoms with Crippen molar-refractivity contribution in [1.29, 1.82) is 0 Å². The number of nitrogens with one attached hydrogen (secondary N) is 3. The highest BCUT2D eigenvalue weighted by Gasteiger charge is 2.47. The van der Waals surface area contributed by atoms with Crippen LogP contribution in [0.25, 0.3) is 0 Å². The van der Waals surface area contributed by atoms with Crippen LogP contribution in [0.2, 0.25) is 0 Å². The Bertz CT molecular complexity index is 1330. The summed E-state index contributed by atoms with van der Waals surface area (Å²) in [6, 6.07) is 2.35. The molecule has 0 bridgehead atoms. The van der Waals surface area contributed by atoms with E-state index in [1.165, 1.54) is 21.0 Å². The summed E-state index contributed by atoms with van der Waals surface area (Å²) in [6.07, 6.45) is 0.586. The van der Waals surface area contributed by atoms with E-state index < -0.39 is 108 Å². The molecule has 0 aliphatic heterocycles. The molecule has 1 aliphatic carbocycles. The zero-order chi connectivity index (χ0) is 37.9. The third-order valence-corrected chi connectivity index (χ3v) is 9.17. The molecular formula is C35H56N6O9. The van der Waals surface area contributed by atoms with Gasteiger partial charge in [0.2, 0.25) is 23.6 Å². The normalized spacial score (nSPS) is 20.1. The molecular weight excluding hydrogens is 648 g/mol. The van der Waals surface area contributed by atoms with Gasteiger partial charge in [0.15, 0.2) is 0 Å². The first-order valence-electron chi connectivity index (χ1n) is 17.2. The average molecular weight is 705 g/mol. The number of rotatable bonds is 17. The summed E-state index contributed by atoms with van der Waals surface area (Å²) in [7, 11) is 1.18. The third-order valence-electron chi connectivity index (χ3n) is 9.17. The van der Waals surface area contributed by atoms with E-state index >= 15 is 0 Å². The lowest BCUT2D eigenvalue weighted by atomic mass is 9.83. The maximum atomic E-state index is 14.6. The number of aliphatic hydroxyl groups excluding tert-OH is 2. The molecule has 1 aliphatic rings. The van der Waals surface area contributed by atoms with Crippen LogP contribution in [-0.4, -0.2) is 107 Å². The molecule has 9 N–H and O–H groups in total. The second kappa shape index (κ2) is 19.5. The van der Waals surface area contributed by atoms with Crippen molar-refractivity contribution < 1.29 is 43.7 Å². The van der Waals surface area contributed by atoms with Crippen LogP contribution in [0.3, 0.4) is 0 Å². The minimum atomic E-state index is -1.42. The molecule has 280 valence electrons. The highest BCUT2D eigenvalue weighted by atomic mass is 16.5. The van der Waals surface area contributed by atoms with E-state index in [0.717, 1.165) is 10.5 Å². The van der Waals surface area contributed by atoms with Gasteiger partial charge < -0.3 is 42.4 Å². The van der Waals surface area contributed by atoms with Gasteiger partial charge in [-0.05, 0) is 56.4 Å². The van der Waals surface area contributed by atoms with Crippen LogP contribution in [0.1, 0.15) is 66.4 Å². The van der Waals surface area contributed by atoms with E-state index in [0.29, 0.717) is 25.7 Å². The number of aliphatic hydroxyl groups is 2. The Kier molecular flexibility index (Phi) is 16.4. The Morgan fingerprint density at radius 3 is 2.00 bits per heavy atom. The predicted octanol–water partition coefficient (Wildman–Crippen LogP) is -0.644. The number of imide groups is 1.